The highest BCUT2D eigenvalue weighted by atomic mass is 14.9. The minimum atomic E-state index is 0.734. The van der Waals surface area contributed by atoms with E-state index in [1.165, 1.54) is 43.5 Å². The standard InChI is InChI=1S/C14H24N2/c1-11-5-7-15-13(9-11)3-4-14-10-12(2)6-8-16-14/h5,9,12,14-16H,3-4,6-8,10H2,1-2H3. The molecule has 0 spiro atoms. The number of rotatable bonds is 3. The van der Waals surface area contributed by atoms with Gasteiger partial charge >= 0.3 is 0 Å². The van der Waals surface area contributed by atoms with E-state index in [2.05, 4.69) is 36.6 Å². The molecule has 0 aliphatic carbocycles. The van der Waals surface area contributed by atoms with Gasteiger partial charge in [-0.25, -0.2) is 0 Å². The molecule has 2 heteroatoms. The Labute approximate surface area is 99.2 Å². The molecular weight excluding hydrogens is 196 g/mol. The Morgan fingerprint density at radius 2 is 2.31 bits per heavy atom. The second-order valence-electron chi connectivity index (χ2n) is 5.32. The highest BCUT2D eigenvalue weighted by molar-refractivity contribution is 5.25. The smallest absolute Gasteiger partial charge is 0.0333 e. The predicted octanol–water partition coefficient (Wildman–Crippen LogP) is 2.59. The van der Waals surface area contributed by atoms with Crippen LogP contribution >= 0.6 is 0 Å². The fraction of sp³-hybridized carbons (Fsp3) is 0.714. The Hall–Kier alpha value is -0.760. The summed E-state index contributed by atoms with van der Waals surface area (Å²) in [6, 6.07) is 0.734. The van der Waals surface area contributed by atoms with Crippen LogP contribution < -0.4 is 10.6 Å². The third-order valence-corrected chi connectivity index (χ3v) is 3.67. The van der Waals surface area contributed by atoms with Crippen LogP contribution in [0.2, 0.25) is 0 Å². The number of hydrogen-bond donors (Lipinski definition) is 2. The third kappa shape index (κ3) is 3.38. The highest BCUT2D eigenvalue weighted by Crippen LogP contribution is 2.20. The monoisotopic (exact) mass is 220 g/mol. The Bertz CT molecular complexity index is 291. The molecule has 2 N–H and O–H groups in total. The SMILES string of the molecule is CC1=CCNC(CCC2CC(C)CCN2)=C1. The molecule has 2 nitrogen and oxygen atoms in total. The van der Waals surface area contributed by atoms with E-state index in [-0.39, 0.29) is 0 Å². The van der Waals surface area contributed by atoms with Crippen LogP contribution in [-0.4, -0.2) is 19.1 Å². The van der Waals surface area contributed by atoms with Gasteiger partial charge in [-0.3, -0.25) is 0 Å². The number of dihydropyridines is 1. The van der Waals surface area contributed by atoms with Crippen LogP contribution in [0.1, 0.15) is 39.5 Å². The van der Waals surface area contributed by atoms with E-state index in [0.717, 1.165) is 18.5 Å². The highest BCUT2D eigenvalue weighted by Gasteiger charge is 2.18. The molecule has 0 saturated carbocycles. The van der Waals surface area contributed by atoms with Crippen molar-refractivity contribution in [2.45, 2.75) is 45.6 Å². The number of hydrogen-bond acceptors (Lipinski definition) is 2. The largest absolute Gasteiger partial charge is 0.385 e. The van der Waals surface area contributed by atoms with Gasteiger partial charge in [-0.05, 0) is 51.1 Å². The summed E-state index contributed by atoms with van der Waals surface area (Å²) >= 11 is 0. The molecule has 2 aliphatic rings. The van der Waals surface area contributed by atoms with E-state index in [1.807, 2.05) is 0 Å². The van der Waals surface area contributed by atoms with Crippen molar-refractivity contribution < 1.29 is 0 Å². The van der Waals surface area contributed by atoms with E-state index in [1.54, 1.807) is 0 Å². The summed E-state index contributed by atoms with van der Waals surface area (Å²) in [4.78, 5) is 0. The summed E-state index contributed by atoms with van der Waals surface area (Å²) in [6.45, 7) is 6.77. The van der Waals surface area contributed by atoms with Crippen molar-refractivity contribution >= 4 is 0 Å². The molecule has 0 aromatic heterocycles. The van der Waals surface area contributed by atoms with Gasteiger partial charge in [0.1, 0.15) is 0 Å². The van der Waals surface area contributed by atoms with E-state index in [4.69, 9.17) is 0 Å². The van der Waals surface area contributed by atoms with Crippen LogP contribution in [0.4, 0.5) is 0 Å². The second-order valence-corrected chi connectivity index (χ2v) is 5.32. The molecule has 0 aromatic rings. The van der Waals surface area contributed by atoms with Crippen molar-refractivity contribution in [1.82, 2.24) is 10.6 Å². The van der Waals surface area contributed by atoms with Crippen LogP contribution in [0, 0.1) is 5.92 Å². The molecule has 2 aliphatic heterocycles. The molecule has 0 amide bonds. The van der Waals surface area contributed by atoms with Gasteiger partial charge in [-0.1, -0.05) is 18.6 Å². The van der Waals surface area contributed by atoms with Crippen molar-refractivity contribution in [2.24, 2.45) is 5.92 Å². The van der Waals surface area contributed by atoms with E-state index in [9.17, 15) is 0 Å². The Morgan fingerprint density at radius 1 is 1.44 bits per heavy atom. The summed E-state index contributed by atoms with van der Waals surface area (Å²) in [6.07, 6.45) is 9.69. The maximum absolute atomic E-state index is 3.63. The molecule has 90 valence electrons. The fourth-order valence-corrected chi connectivity index (χ4v) is 2.66. The van der Waals surface area contributed by atoms with Crippen LogP contribution in [0.15, 0.2) is 23.4 Å². The molecule has 1 fully saturated rings. The lowest BCUT2D eigenvalue weighted by atomic mass is 9.91. The van der Waals surface area contributed by atoms with Gasteiger partial charge in [0.25, 0.3) is 0 Å². The molecule has 0 radical (unpaired) electrons. The molecule has 1 saturated heterocycles. The van der Waals surface area contributed by atoms with Crippen LogP contribution in [0.5, 0.6) is 0 Å². The van der Waals surface area contributed by atoms with Crippen LogP contribution in [0.25, 0.3) is 0 Å². The average Bonchev–Trinajstić information content (AvgIpc) is 2.27. The first kappa shape index (κ1) is 11.7. The molecule has 2 unspecified atom stereocenters. The summed E-state index contributed by atoms with van der Waals surface area (Å²) < 4.78 is 0. The quantitative estimate of drug-likeness (QED) is 0.764. The van der Waals surface area contributed by atoms with Crippen molar-refractivity contribution in [1.29, 1.82) is 0 Å². The summed E-state index contributed by atoms with van der Waals surface area (Å²) in [5, 5.41) is 7.09. The Morgan fingerprint density at radius 3 is 3.06 bits per heavy atom. The lowest BCUT2D eigenvalue weighted by molar-refractivity contribution is 0.307. The molecular formula is C14H24N2. The maximum atomic E-state index is 3.63. The molecule has 0 aromatic carbocycles. The van der Waals surface area contributed by atoms with Crippen LogP contribution in [0.3, 0.4) is 0 Å². The van der Waals surface area contributed by atoms with E-state index in [0.29, 0.717) is 0 Å². The predicted molar refractivity (Wildman–Crippen MR) is 69.3 cm³/mol. The van der Waals surface area contributed by atoms with Crippen molar-refractivity contribution in [2.75, 3.05) is 13.1 Å². The maximum Gasteiger partial charge on any atom is 0.0333 e. The molecule has 16 heavy (non-hydrogen) atoms. The van der Waals surface area contributed by atoms with Gasteiger partial charge in [0.15, 0.2) is 0 Å². The van der Waals surface area contributed by atoms with E-state index >= 15 is 0 Å². The van der Waals surface area contributed by atoms with E-state index < -0.39 is 0 Å². The molecule has 2 heterocycles. The van der Waals surface area contributed by atoms with Crippen LogP contribution in [-0.2, 0) is 0 Å². The molecule has 2 atom stereocenters. The Kier molecular flexibility index (Phi) is 4.05. The van der Waals surface area contributed by atoms with Gasteiger partial charge in [0.2, 0.25) is 0 Å². The number of nitrogens with one attached hydrogen (secondary N) is 2. The number of piperidine rings is 1. The lowest BCUT2D eigenvalue weighted by Gasteiger charge is -2.28. The van der Waals surface area contributed by atoms with Crippen molar-refractivity contribution in [3.8, 4) is 0 Å². The lowest BCUT2D eigenvalue weighted by Crippen LogP contribution is -2.37. The first-order valence-corrected chi connectivity index (χ1v) is 6.58. The number of allylic oxidation sites excluding steroid dienone is 3. The van der Waals surface area contributed by atoms with Crippen molar-refractivity contribution in [3.05, 3.63) is 23.4 Å². The summed E-state index contributed by atoms with van der Waals surface area (Å²) in [5.74, 6) is 0.904. The summed E-state index contributed by atoms with van der Waals surface area (Å²) in [7, 11) is 0. The average molecular weight is 220 g/mol. The zero-order valence-corrected chi connectivity index (χ0v) is 10.6. The molecule has 0 bridgehead atoms. The minimum absolute atomic E-state index is 0.734. The zero-order chi connectivity index (χ0) is 11.4. The van der Waals surface area contributed by atoms with Crippen molar-refractivity contribution in [3.63, 3.8) is 0 Å². The first-order chi connectivity index (χ1) is 7.74. The van der Waals surface area contributed by atoms with Gasteiger partial charge in [0, 0.05) is 18.3 Å². The van der Waals surface area contributed by atoms with Gasteiger partial charge < -0.3 is 10.6 Å². The topological polar surface area (TPSA) is 24.1 Å². The van der Waals surface area contributed by atoms with Gasteiger partial charge in [-0.15, -0.1) is 0 Å². The Balaban J connectivity index is 1.76. The zero-order valence-electron chi connectivity index (χ0n) is 10.6. The normalized spacial score (nSPS) is 30.4. The first-order valence-electron chi connectivity index (χ1n) is 6.58. The fourth-order valence-electron chi connectivity index (χ4n) is 2.66. The summed E-state index contributed by atoms with van der Waals surface area (Å²) in [5.41, 5.74) is 2.82. The van der Waals surface area contributed by atoms with Gasteiger partial charge in [0.05, 0.1) is 0 Å². The molecule has 2 rings (SSSR count). The second kappa shape index (κ2) is 5.53. The van der Waals surface area contributed by atoms with Gasteiger partial charge in [-0.2, -0.15) is 0 Å². The minimum Gasteiger partial charge on any atom is -0.385 e. The third-order valence-electron chi connectivity index (χ3n) is 3.67.